The third kappa shape index (κ3) is 2.27. The SMILES string of the molecule is COc1ccc(-c2nc3scc(C(C)(C)C)n3c2N)cc1. The van der Waals surface area contributed by atoms with Crippen LogP contribution in [0.3, 0.4) is 0 Å². The second-order valence-corrected chi connectivity index (χ2v) is 6.90. The maximum absolute atomic E-state index is 6.36. The van der Waals surface area contributed by atoms with Gasteiger partial charge in [-0.1, -0.05) is 20.8 Å². The van der Waals surface area contributed by atoms with Crippen molar-refractivity contribution in [3.05, 3.63) is 35.3 Å². The van der Waals surface area contributed by atoms with Crippen LogP contribution in [0.4, 0.5) is 5.82 Å². The van der Waals surface area contributed by atoms with E-state index in [2.05, 4.69) is 35.5 Å². The van der Waals surface area contributed by atoms with Crippen molar-refractivity contribution in [2.75, 3.05) is 12.8 Å². The zero-order valence-corrected chi connectivity index (χ0v) is 13.5. The molecule has 0 saturated carbocycles. The number of fused-ring (bicyclic) bond motifs is 1. The monoisotopic (exact) mass is 301 g/mol. The maximum atomic E-state index is 6.36. The van der Waals surface area contributed by atoms with E-state index in [9.17, 15) is 0 Å². The molecule has 0 fully saturated rings. The van der Waals surface area contributed by atoms with Crippen molar-refractivity contribution in [1.82, 2.24) is 9.38 Å². The summed E-state index contributed by atoms with van der Waals surface area (Å²) in [6.07, 6.45) is 0. The van der Waals surface area contributed by atoms with E-state index >= 15 is 0 Å². The van der Waals surface area contributed by atoms with Crippen LogP contribution < -0.4 is 10.5 Å². The molecule has 110 valence electrons. The Labute approximate surface area is 128 Å². The van der Waals surface area contributed by atoms with Crippen LogP contribution >= 0.6 is 11.3 Å². The van der Waals surface area contributed by atoms with Crippen molar-refractivity contribution < 1.29 is 4.74 Å². The fourth-order valence-corrected chi connectivity index (χ4v) is 3.48. The van der Waals surface area contributed by atoms with E-state index in [1.807, 2.05) is 24.3 Å². The predicted octanol–water partition coefficient (Wildman–Crippen LogP) is 3.95. The van der Waals surface area contributed by atoms with Crippen LogP contribution in [0.5, 0.6) is 5.75 Å². The highest BCUT2D eigenvalue weighted by Crippen LogP contribution is 2.35. The first-order chi connectivity index (χ1) is 9.91. The van der Waals surface area contributed by atoms with Crippen molar-refractivity contribution in [2.45, 2.75) is 26.2 Å². The molecule has 3 aromatic rings. The Kier molecular flexibility index (Phi) is 3.17. The molecule has 21 heavy (non-hydrogen) atoms. The molecule has 5 heteroatoms. The van der Waals surface area contributed by atoms with Gasteiger partial charge >= 0.3 is 0 Å². The molecule has 1 aromatic carbocycles. The number of rotatable bonds is 2. The Morgan fingerprint density at radius 2 is 1.86 bits per heavy atom. The summed E-state index contributed by atoms with van der Waals surface area (Å²) in [5, 5.41) is 2.14. The Hall–Kier alpha value is -2.01. The molecule has 0 aliphatic carbocycles. The fourth-order valence-electron chi connectivity index (χ4n) is 2.36. The van der Waals surface area contributed by atoms with Crippen LogP contribution in [0.15, 0.2) is 29.6 Å². The molecule has 2 aromatic heterocycles. The molecule has 0 amide bonds. The number of imidazole rings is 1. The van der Waals surface area contributed by atoms with Crippen molar-refractivity contribution in [2.24, 2.45) is 0 Å². The van der Waals surface area contributed by atoms with E-state index in [-0.39, 0.29) is 5.41 Å². The molecule has 0 aliphatic heterocycles. The molecule has 2 N–H and O–H groups in total. The lowest BCUT2D eigenvalue weighted by molar-refractivity contribution is 0.415. The van der Waals surface area contributed by atoms with Gasteiger partial charge in [-0.2, -0.15) is 0 Å². The predicted molar refractivity (Wildman–Crippen MR) is 88.2 cm³/mol. The van der Waals surface area contributed by atoms with Gasteiger partial charge in [-0.25, -0.2) is 4.98 Å². The fraction of sp³-hybridized carbons (Fsp3) is 0.312. The van der Waals surface area contributed by atoms with Crippen LogP contribution in [-0.2, 0) is 5.41 Å². The van der Waals surface area contributed by atoms with E-state index in [0.29, 0.717) is 5.82 Å². The largest absolute Gasteiger partial charge is 0.497 e. The number of aromatic nitrogens is 2. The standard InChI is InChI=1S/C16H19N3OS/c1-16(2,3)12-9-21-15-18-13(14(17)19(12)15)10-5-7-11(20-4)8-6-10/h5-9H,17H2,1-4H3. The number of ether oxygens (including phenoxy) is 1. The summed E-state index contributed by atoms with van der Waals surface area (Å²) in [5.74, 6) is 1.52. The Morgan fingerprint density at radius 1 is 1.19 bits per heavy atom. The van der Waals surface area contributed by atoms with Gasteiger partial charge in [0.1, 0.15) is 17.3 Å². The highest BCUT2D eigenvalue weighted by molar-refractivity contribution is 7.15. The van der Waals surface area contributed by atoms with Gasteiger partial charge in [0.2, 0.25) is 0 Å². The van der Waals surface area contributed by atoms with Gasteiger partial charge in [-0.05, 0) is 24.3 Å². The van der Waals surface area contributed by atoms with Gasteiger partial charge in [0.15, 0.2) is 4.96 Å². The highest BCUT2D eigenvalue weighted by atomic mass is 32.1. The second-order valence-electron chi connectivity index (χ2n) is 6.06. The number of anilines is 1. The molecular formula is C16H19N3OS. The Balaban J connectivity index is 2.16. The minimum Gasteiger partial charge on any atom is -0.497 e. The quantitative estimate of drug-likeness (QED) is 0.779. The third-order valence-electron chi connectivity index (χ3n) is 3.53. The van der Waals surface area contributed by atoms with Gasteiger partial charge < -0.3 is 10.5 Å². The molecule has 0 aliphatic rings. The van der Waals surface area contributed by atoms with E-state index in [0.717, 1.165) is 22.0 Å². The van der Waals surface area contributed by atoms with Gasteiger partial charge in [0.05, 0.1) is 7.11 Å². The second kappa shape index (κ2) is 4.77. The van der Waals surface area contributed by atoms with Crippen LogP contribution in [0, 0.1) is 0 Å². The van der Waals surface area contributed by atoms with Gasteiger partial charge in [0, 0.05) is 22.1 Å². The van der Waals surface area contributed by atoms with Crippen LogP contribution in [-0.4, -0.2) is 16.5 Å². The van der Waals surface area contributed by atoms with Crippen molar-refractivity contribution in [3.8, 4) is 17.0 Å². The molecule has 0 atom stereocenters. The van der Waals surface area contributed by atoms with Crippen LogP contribution in [0.1, 0.15) is 26.5 Å². The first-order valence-corrected chi connectivity index (χ1v) is 7.70. The summed E-state index contributed by atoms with van der Waals surface area (Å²) < 4.78 is 7.25. The highest BCUT2D eigenvalue weighted by Gasteiger charge is 2.23. The number of hydrogen-bond acceptors (Lipinski definition) is 4. The van der Waals surface area contributed by atoms with E-state index in [1.165, 1.54) is 5.69 Å². The number of nitrogen functional groups attached to an aromatic ring is 1. The Bertz CT molecular complexity index is 778. The first-order valence-electron chi connectivity index (χ1n) is 6.82. The van der Waals surface area contributed by atoms with Gasteiger partial charge in [-0.3, -0.25) is 4.40 Å². The van der Waals surface area contributed by atoms with Crippen molar-refractivity contribution in [1.29, 1.82) is 0 Å². The molecule has 0 spiro atoms. The van der Waals surface area contributed by atoms with E-state index in [4.69, 9.17) is 10.5 Å². The number of nitrogens with zero attached hydrogens (tertiary/aromatic N) is 2. The lowest BCUT2D eigenvalue weighted by atomic mass is 9.93. The molecule has 3 rings (SSSR count). The zero-order chi connectivity index (χ0) is 15.2. The molecule has 0 unspecified atom stereocenters. The number of thiazole rings is 1. The summed E-state index contributed by atoms with van der Waals surface area (Å²) >= 11 is 1.63. The normalized spacial score (nSPS) is 12.0. The van der Waals surface area contributed by atoms with Crippen LogP contribution in [0.25, 0.3) is 16.2 Å². The molecule has 0 saturated heterocycles. The lowest BCUT2D eigenvalue weighted by Gasteiger charge is -2.17. The number of hydrogen-bond donors (Lipinski definition) is 1. The minimum absolute atomic E-state index is 0.0320. The van der Waals surface area contributed by atoms with Crippen LogP contribution in [0.2, 0.25) is 0 Å². The molecule has 2 heterocycles. The summed E-state index contributed by atoms with van der Waals surface area (Å²) in [5.41, 5.74) is 9.41. The van der Waals surface area contributed by atoms with Crippen molar-refractivity contribution >= 4 is 22.1 Å². The van der Waals surface area contributed by atoms with E-state index in [1.54, 1.807) is 18.4 Å². The average Bonchev–Trinajstić information content (AvgIpc) is 2.99. The van der Waals surface area contributed by atoms with Gasteiger partial charge in [-0.15, -0.1) is 11.3 Å². The minimum atomic E-state index is 0.0320. The van der Waals surface area contributed by atoms with Gasteiger partial charge in [0.25, 0.3) is 0 Å². The number of methoxy groups -OCH3 is 1. The molecular weight excluding hydrogens is 282 g/mol. The summed E-state index contributed by atoms with van der Waals surface area (Å²) in [6, 6.07) is 7.82. The zero-order valence-electron chi connectivity index (χ0n) is 12.7. The number of nitrogens with two attached hydrogens (primary N) is 1. The first kappa shape index (κ1) is 13.9. The number of benzene rings is 1. The molecule has 0 radical (unpaired) electrons. The Morgan fingerprint density at radius 3 is 2.43 bits per heavy atom. The summed E-state index contributed by atoms with van der Waals surface area (Å²) in [7, 11) is 1.66. The third-order valence-corrected chi connectivity index (χ3v) is 4.36. The lowest BCUT2D eigenvalue weighted by Crippen LogP contribution is -2.14. The smallest absolute Gasteiger partial charge is 0.196 e. The molecule has 4 nitrogen and oxygen atoms in total. The topological polar surface area (TPSA) is 52.5 Å². The average molecular weight is 301 g/mol. The van der Waals surface area contributed by atoms with E-state index < -0.39 is 0 Å². The molecule has 0 bridgehead atoms. The van der Waals surface area contributed by atoms with Crippen molar-refractivity contribution in [3.63, 3.8) is 0 Å². The summed E-state index contributed by atoms with van der Waals surface area (Å²) in [4.78, 5) is 5.62. The maximum Gasteiger partial charge on any atom is 0.196 e. The summed E-state index contributed by atoms with van der Waals surface area (Å²) in [6.45, 7) is 6.54.